The number of aryl methyl sites for hydroxylation is 1. The molecule has 3 amide bonds. The summed E-state index contributed by atoms with van der Waals surface area (Å²) in [7, 11) is 0. The first kappa shape index (κ1) is 32.7. The van der Waals surface area contributed by atoms with Gasteiger partial charge in [0.05, 0.1) is 16.8 Å². The Balaban J connectivity index is 2.10. The molecule has 43 heavy (non-hydrogen) atoms. The van der Waals surface area contributed by atoms with Crippen molar-refractivity contribution in [2.24, 2.45) is 0 Å². The molecule has 0 fully saturated rings. The van der Waals surface area contributed by atoms with Crippen LogP contribution in [0.2, 0.25) is 5.02 Å². The van der Waals surface area contributed by atoms with Crippen molar-refractivity contribution in [3.8, 4) is 11.8 Å². The second-order valence-corrected chi connectivity index (χ2v) is 11.3. The number of anilines is 1. The number of rotatable bonds is 10. The summed E-state index contributed by atoms with van der Waals surface area (Å²) < 4.78 is 5.41. The minimum absolute atomic E-state index is 0.00899. The number of halogens is 1. The van der Waals surface area contributed by atoms with E-state index in [1.54, 1.807) is 88.4 Å². The first-order valence-electron chi connectivity index (χ1n) is 13.6. The number of phenols is 1. The Hall–Kier alpha value is -4.81. The van der Waals surface area contributed by atoms with Crippen LogP contribution in [0.25, 0.3) is 6.08 Å². The van der Waals surface area contributed by atoms with E-state index in [2.05, 4.69) is 17.2 Å². The monoisotopic (exact) mass is 602 g/mol. The lowest BCUT2D eigenvalue weighted by Gasteiger charge is -2.33. The van der Waals surface area contributed by atoms with Crippen LogP contribution in [0.15, 0.2) is 73.3 Å². The van der Waals surface area contributed by atoms with E-state index in [0.717, 1.165) is 4.90 Å². The molecular weight excluding hydrogens is 568 g/mol. The van der Waals surface area contributed by atoms with E-state index in [1.807, 2.05) is 6.07 Å². The Morgan fingerprint density at radius 2 is 1.79 bits per heavy atom. The number of hydrogen-bond donors (Lipinski definition) is 3. The fourth-order valence-electron chi connectivity index (χ4n) is 4.40. The maximum absolute atomic E-state index is 14.3. The van der Waals surface area contributed by atoms with Crippen molar-refractivity contribution >= 4 is 41.3 Å². The van der Waals surface area contributed by atoms with Gasteiger partial charge >= 0.3 is 6.09 Å². The number of nitrogens with one attached hydrogen (secondary N) is 2. The van der Waals surface area contributed by atoms with Crippen LogP contribution in [-0.2, 0) is 20.7 Å². The maximum Gasteiger partial charge on any atom is 0.408 e. The summed E-state index contributed by atoms with van der Waals surface area (Å²) in [5, 5.41) is 25.3. The summed E-state index contributed by atoms with van der Waals surface area (Å²) in [6, 6.07) is 17.7. The number of nitriles is 1. The molecule has 3 aromatic rings. The Morgan fingerprint density at radius 1 is 1.12 bits per heavy atom. The number of hydrogen-bond acceptors (Lipinski definition) is 6. The standard InChI is InChI=1S/C33H35ClN4O5/c1-6-22-10-8-11-24(19-22)29(30(40)37-28-21(2)9-7-12-26(28)34)38(18-17-35)31(41)27(36-32(42)43-33(3,4)5)20-23-13-15-25(39)16-14-23/h6-16,19,27,29,39H,1,18,20H2,2-5H3,(H,36,42)(H,37,40). The van der Waals surface area contributed by atoms with Gasteiger partial charge in [-0.3, -0.25) is 9.59 Å². The van der Waals surface area contributed by atoms with Crippen molar-refractivity contribution in [2.45, 2.75) is 51.8 Å². The molecule has 0 saturated carbocycles. The molecule has 3 N–H and O–H groups in total. The van der Waals surface area contributed by atoms with Gasteiger partial charge in [-0.15, -0.1) is 0 Å². The van der Waals surface area contributed by atoms with E-state index < -0.39 is 42.1 Å². The number of carbonyl (C=O) groups excluding carboxylic acids is 3. The quantitative estimate of drug-likeness (QED) is 0.238. The molecule has 0 aliphatic carbocycles. The highest BCUT2D eigenvalue weighted by atomic mass is 35.5. The van der Waals surface area contributed by atoms with Crippen LogP contribution in [0.1, 0.15) is 49.1 Å². The molecule has 9 nitrogen and oxygen atoms in total. The topological polar surface area (TPSA) is 132 Å². The van der Waals surface area contributed by atoms with Gasteiger partial charge in [-0.05, 0) is 74.2 Å². The van der Waals surface area contributed by atoms with E-state index in [9.17, 15) is 24.8 Å². The molecule has 3 rings (SSSR count). The van der Waals surface area contributed by atoms with Gasteiger partial charge in [0.1, 0.15) is 30.0 Å². The average molecular weight is 603 g/mol. The van der Waals surface area contributed by atoms with Gasteiger partial charge in [-0.2, -0.15) is 5.26 Å². The molecule has 0 heterocycles. The highest BCUT2D eigenvalue weighted by Crippen LogP contribution is 2.30. The molecular formula is C33H35ClN4O5. The lowest BCUT2D eigenvalue weighted by Crippen LogP contribution is -2.53. The van der Waals surface area contributed by atoms with Crippen LogP contribution in [0.5, 0.6) is 5.75 Å². The van der Waals surface area contributed by atoms with Gasteiger partial charge in [-0.1, -0.05) is 66.7 Å². The van der Waals surface area contributed by atoms with Crippen LogP contribution >= 0.6 is 11.6 Å². The van der Waals surface area contributed by atoms with E-state index >= 15 is 0 Å². The second kappa shape index (κ2) is 14.4. The molecule has 0 aromatic heterocycles. The first-order chi connectivity index (χ1) is 20.3. The van der Waals surface area contributed by atoms with Crippen LogP contribution in [0.4, 0.5) is 10.5 Å². The third-order valence-corrected chi connectivity index (χ3v) is 6.70. The van der Waals surface area contributed by atoms with Crippen LogP contribution in [0.3, 0.4) is 0 Å². The van der Waals surface area contributed by atoms with Crippen molar-refractivity contribution in [1.82, 2.24) is 10.2 Å². The Kier molecular flexibility index (Phi) is 10.9. The lowest BCUT2D eigenvalue weighted by molar-refractivity contribution is -0.140. The predicted molar refractivity (Wildman–Crippen MR) is 166 cm³/mol. The number of aromatic hydroxyl groups is 1. The van der Waals surface area contributed by atoms with Gasteiger partial charge in [0.15, 0.2) is 0 Å². The summed E-state index contributed by atoms with van der Waals surface area (Å²) in [6.45, 7) is 10.2. The number of carbonyl (C=O) groups is 3. The summed E-state index contributed by atoms with van der Waals surface area (Å²) in [6.07, 6.45) is 0.748. The fraction of sp³-hybridized carbons (Fsp3) is 0.273. The minimum atomic E-state index is -1.29. The van der Waals surface area contributed by atoms with Gasteiger partial charge in [-0.25, -0.2) is 4.79 Å². The van der Waals surface area contributed by atoms with Crippen molar-refractivity contribution in [3.63, 3.8) is 0 Å². The zero-order valence-corrected chi connectivity index (χ0v) is 25.3. The molecule has 0 aliphatic heterocycles. The number of phenolic OH excluding ortho intramolecular Hbond substituents is 1. The van der Waals surface area contributed by atoms with Crippen LogP contribution < -0.4 is 10.6 Å². The lowest BCUT2D eigenvalue weighted by atomic mass is 9.98. The molecule has 2 atom stereocenters. The number of benzene rings is 3. The normalized spacial score (nSPS) is 12.3. The molecule has 0 bridgehead atoms. The molecule has 0 aliphatic rings. The highest BCUT2D eigenvalue weighted by Gasteiger charge is 2.37. The molecule has 10 heteroatoms. The van der Waals surface area contributed by atoms with Crippen molar-refractivity contribution in [1.29, 1.82) is 5.26 Å². The second-order valence-electron chi connectivity index (χ2n) is 10.9. The Bertz CT molecular complexity index is 1510. The summed E-state index contributed by atoms with van der Waals surface area (Å²) >= 11 is 6.40. The van der Waals surface area contributed by atoms with E-state index in [4.69, 9.17) is 16.3 Å². The Morgan fingerprint density at radius 3 is 2.40 bits per heavy atom. The molecule has 0 radical (unpaired) electrons. The zero-order chi connectivity index (χ0) is 31.7. The van der Waals surface area contributed by atoms with Gasteiger partial charge in [0.2, 0.25) is 5.91 Å². The summed E-state index contributed by atoms with van der Waals surface area (Å²) in [4.78, 5) is 42.3. The summed E-state index contributed by atoms with van der Waals surface area (Å²) in [5.41, 5.74) is 1.96. The third kappa shape index (κ3) is 9.09. The fourth-order valence-corrected chi connectivity index (χ4v) is 4.67. The maximum atomic E-state index is 14.3. The van der Waals surface area contributed by atoms with E-state index in [0.29, 0.717) is 33.0 Å². The van der Waals surface area contributed by atoms with Crippen LogP contribution in [-0.4, -0.2) is 46.1 Å². The number of ether oxygens (including phenoxy) is 1. The van der Waals surface area contributed by atoms with E-state index in [-0.39, 0.29) is 12.2 Å². The van der Waals surface area contributed by atoms with Gasteiger partial charge < -0.3 is 25.4 Å². The molecule has 3 aromatic carbocycles. The SMILES string of the molecule is C=Cc1cccc(C(C(=O)Nc2c(C)cccc2Cl)N(CC#N)C(=O)C(Cc2ccc(O)cc2)NC(=O)OC(C)(C)C)c1. The molecule has 224 valence electrons. The van der Waals surface area contributed by atoms with Crippen LogP contribution in [0, 0.1) is 18.3 Å². The van der Waals surface area contributed by atoms with Crippen molar-refractivity contribution in [2.75, 3.05) is 11.9 Å². The van der Waals surface area contributed by atoms with Gasteiger partial charge in [0.25, 0.3) is 5.91 Å². The number of amides is 3. The molecule has 0 saturated heterocycles. The summed E-state index contributed by atoms with van der Waals surface area (Å²) in [5.74, 6) is -1.27. The largest absolute Gasteiger partial charge is 0.508 e. The van der Waals surface area contributed by atoms with Crippen molar-refractivity contribution < 1.29 is 24.2 Å². The Labute approximate surface area is 256 Å². The third-order valence-electron chi connectivity index (χ3n) is 6.38. The van der Waals surface area contributed by atoms with Crippen molar-refractivity contribution in [3.05, 3.63) is 101 Å². The molecule has 2 unspecified atom stereocenters. The number of nitrogens with zero attached hydrogens (tertiary/aromatic N) is 2. The minimum Gasteiger partial charge on any atom is -0.508 e. The smallest absolute Gasteiger partial charge is 0.408 e. The predicted octanol–water partition coefficient (Wildman–Crippen LogP) is 6.17. The number of para-hydroxylation sites is 1. The van der Waals surface area contributed by atoms with E-state index in [1.165, 1.54) is 12.1 Å². The number of alkyl carbamates (subject to hydrolysis) is 1. The molecule has 0 spiro atoms. The average Bonchev–Trinajstić information content (AvgIpc) is 2.94. The van der Waals surface area contributed by atoms with Gasteiger partial charge in [0, 0.05) is 6.42 Å². The first-order valence-corrected chi connectivity index (χ1v) is 13.9. The highest BCUT2D eigenvalue weighted by molar-refractivity contribution is 6.34. The zero-order valence-electron chi connectivity index (χ0n) is 24.6.